The molecule has 0 spiro atoms. The zero-order valence-electron chi connectivity index (χ0n) is 10.2. The fourth-order valence-corrected chi connectivity index (χ4v) is 2.25. The molecule has 1 aromatic heterocycles. The lowest BCUT2D eigenvalue weighted by molar-refractivity contribution is 0.0301. The molecule has 1 fully saturated rings. The van der Waals surface area contributed by atoms with Gasteiger partial charge in [0.1, 0.15) is 11.4 Å². The molecule has 3 unspecified atom stereocenters. The van der Waals surface area contributed by atoms with E-state index in [-0.39, 0.29) is 18.2 Å². The minimum atomic E-state index is -0.129. The second-order valence-electron chi connectivity index (χ2n) is 4.30. The number of hydrogen-bond acceptors (Lipinski definition) is 5. The smallest absolute Gasteiger partial charge is 0.142 e. The first-order valence-electron chi connectivity index (χ1n) is 5.86. The molecular formula is C12H19N3O2. The van der Waals surface area contributed by atoms with Crippen molar-refractivity contribution in [2.45, 2.75) is 38.0 Å². The van der Waals surface area contributed by atoms with Crippen LogP contribution in [0.3, 0.4) is 0 Å². The van der Waals surface area contributed by atoms with Crippen LogP contribution in [0.4, 0.5) is 0 Å². The summed E-state index contributed by atoms with van der Waals surface area (Å²) < 4.78 is 11.1. The highest BCUT2D eigenvalue weighted by Gasteiger charge is 2.32. The summed E-state index contributed by atoms with van der Waals surface area (Å²) in [5, 5.41) is 0. The Hall–Kier alpha value is -1.17. The average Bonchev–Trinajstić information content (AvgIpc) is 2.77. The van der Waals surface area contributed by atoms with Crippen LogP contribution in [0.15, 0.2) is 18.3 Å². The van der Waals surface area contributed by atoms with Gasteiger partial charge in [-0.25, -0.2) is 5.43 Å². The Morgan fingerprint density at radius 2 is 2.41 bits per heavy atom. The van der Waals surface area contributed by atoms with Crippen molar-refractivity contribution in [3.05, 3.63) is 24.0 Å². The van der Waals surface area contributed by atoms with E-state index in [1.165, 1.54) is 0 Å². The van der Waals surface area contributed by atoms with Crippen LogP contribution in [0.25, 0.3) is 0 Å². The highest BCUT2D eigenvalue weighted by Crippen LogP contribution is 2.32. The highest BCUT2D eigenvalue weighted by atomic mass is 16.5. The number of nitrogens with one attached hydrogen (secondary N) is 1. The van der Waals surface area contributed by atoms with Gasteiger partial charge in [0.15, 0.2) is 0 Å². The first kappa shape index (κ1) is 12.3. The van der Waals surface area contributed by atoms with Gasteiger partial charge in [0.2, 0.25) is 0 Å². The molecule has 0 saturated carbocycles. The number of pyridine rings is 1. The summed E-state index contributed by atoms with van der Waals surface area (Å²) >= 11 is 0. The van der Waals surface area contributed by atoms with Gasteiger partial charge in [0.05, 0.1) is 25.4 Å². The Morgan fingerprint density at radius 1 is 1.59 bits per heavy atom. The zero-order valence-corrected chi connectivity index (χ0v) is 10.2. The van der Waals surface area contributed by atoms with Gasteiger partial charge in [-0.2, -0.15) is 0 Å². The monoisotopic (exact) mass is 237 g/mol. The van der Waals surface area contributed by atoms with Crippen molar-refractivity contribution in [1.29, 1.82) is 0 Å². The van der Waals surface area contributed by atoms with E-state index in [0.29, 0.717) is 0 Å². The van der Waals surface area contributed by atoms with Crippen LogP contribution in [0, 0.1) is 0 Å². The van der Waals surface area contributed by atoms with Crippen LogP contribution in [0.5, 0.6) is 5.75 Å². The van der Waals surface area contributed by atoms with Crippen LogP contribution in [0.2, 0.25) is 0 Å². The lowest BCUT2D eigenvalue weighted by Crippen LogP contribution is -2.37. The molecule has 3 N–H and O–H groups in total. The molecule has 1 saturated heterocycles. The van der Waals surface area contributed by atoms with Gasteiger partial charge in [0.25, 0.3) is 0 Å². The summed E-state index contributed by atoms with van der Waals surface area (Å²) in [5.41, 5.74) is 3.59. The molecule has 0 aromatic carbocycles. The molecule has 5 nitrogen and oxygen atoms in total. The molecule has 0 bridgehead atoms. The largest absolute Gasteiger partial charge is 0.495 e. The molecule has 1 aliphatic heterocycles. The Morgan fingerprint density at radius 3 is 3.00 bits per heavy atom. The predicted octanol–water partition coefficient (Wildman–Crippen LogP) is 1.16. The molecule has 2 heterocycles. The number of nitrogens with two attached hydrogens (primary N) is 1. The molecule has 2 rings (SSSR count). The van der Waals surface area contributed by atoms with E-state index in [4.69, 9.17) is 15.3 Å². The molecular weight excluding hydrogens is 218 g/mol. The maximum absolute atomic E-state index is 5.83. The minimum absolute atomic E-state index is 0.0544. The summed E-state index contributed by atoms with van der Waals surface area (Å²) in [5.74, 6) is 6.36. The van der Waals surface area contributed by atoms with E-state index in [2.05, 4.69) is 17.3 Å². The van der Waals surface area contributed by atoms with E-state index in [1.54, 1.807) is 13.3 Å². The van der Waals surface area contributed by atoms with E-state index in [9.17, 15) is 0 Å². The quantitative estimate of drug-likeness (QED) is 0.607. The van der Waals surface area contributed by atoms with Crippen molar-refractivity contribution in [2.75, 3.05) is 7.11 Å². The second-order valence-corrected chi connectivity index (χ2v) is 4.30. The minimum Gasteiger partial charge on any atom is -0.495 e. The van der Waals surface area contributed by atoms with Gasteiger partial charge in [-0.1, -0.05) is 0 Å². The van der Waals surface area contributed by atoms with Crippen LogP contribution < -0.4 is 16.0 Å². The third-order valence-corrected chi connectivity index (χ3v) is 3.13. The van der Waals surface area contributed by atoms with Gasteiger partial charge < -0.3 is 9.47 Å². The van der Waals surface area contributed by atoms with Gasteiger partial charge >= 0.3 is 0 Å². The van der Waals surface area contributed by atoms with Crippen LogP contribution >= 0.6 is 0 Å². The lowest BCUT2D eigenvalue weighted by atomic mass is 10.0. The van der Waals surface area contributed by atoms with Crippen molar-refractivity contribution in [3.63, 3.8) is 0 Å². The third-order valence-electron chi connectivity index (χ3n) is 3.13. The number of methoxy groups -OCH3 is 1. The molecule has 5 heteroatoms. The number of nitrogens with zero attached hydrogens (tertiary/aromatic N) is 1. The summed E-state index contributed by atoms with van der Waals surface area (Å²) in [4.78, 5) is 4.34. The van der Waals surface area contributed by atoms with Crippen molar-refractivity contribution in [2.24, 2.45) is 5.84 Å². The Kier molecular flexibility index (Phi) is 3.93. The molecule has 17 heavy (non-hydrogen) atoms. The number of hydrazine groups is 1. The lowest BCUT2D eigenvalue weighted by Gasteiger charge is -2.23. The Bertz CT molecular complexity index is 373. The van der Waals surface area contributed by atoms with Gasteiger partial charge in [-0.3, -0.25) is 10.8 Å². The summed E-state index contributed by atoms with van der Waals surface area (Å²) in [6.45, 7) is 2.07. The summed E-state index contributed by atoms with van der Waals surface area (Å²) in [7, 11) is 1.63. The van der Waals surface area contributed by atoms with E-state index < -0.39 is 0 Å². The fraction of sp³-hybridized carbons (Fsp3) is 0.583. The van der Waals surface area contributed by atoms with E-state index in [1.807, 2.05) is 12.1 Å². The predicted molar refractivity (Wildman–Crippen MR) is 64.4 cm³/mol. The fourth-order valence-electron chi connectivity index (χ4n) is 2.25. The summed E-state index contributed by atoms with van der Waals surface area (Å²) in [6.07, 6.45) is 4.11. The van der Waals surface area contributed by atoms with Gasteiger partial charge in [0, 0.05) is 6.20 Å². The first-order valence-corrected chi connectivity index (χ1v) is 5.86. The molecule has 94 valence electrons. The number of hydrogen-bond donors (Lipinski definition) is 2. The summed E-state index contributed by atoms with van der Waals surface area (Å²) in [6, 6.07) is 3.59. The first-order chi connectivity index (χ1) is 8.26. The second kappa shape index (κ2) is 5.44. The van der Waals surface area contributed by atoms with Gasteiger partial charge in [-0.15, -0.1) is 0 Å². The number of ether oxygens (including phenoxy) is 2. The Balaban J connectivity index is 2.22. The average molecular weight is 237 g/mol. The maximum Gasteiger partial charge on any atom is 0.142 e. The standard InChI is InChI=1S/C12H19N3O2/c1-8-5-6-10(17-8)12(15-13)11-9(16-2)4-3-7-14-11/h3-4,7-8,10,12,15H,5-6,13H2,1-2H3. The molecule has 1 aromatic rings. The van der Waals surface area contributed by atoms with E-state index in [0.717, 1.165) is 24.3 Å². The van der Waals surface area contributed by atoms with Crippen LogP contribution in [-0.4, -0.2) is 24.3 Å². The topological polar surface area (TPSA) is 69.4 Å². The highest BCUT2D eigenvalue weighted by molar-refractivity contribution is 5.30. The van der Waals surface area contributed by atoms with Gasteiger partial charge in [-0.05, 0) is 31.9 Å². The normalized spacial score (nSPS) is 25.8. The van der Waals surface area contributed by atoms with E-state index >= 15 is 0 Å². The number of aromatic nitrogens is 1. The number of rotatable bonds is 4. The van der Waals surface area contributed by atoms with Crippen molar-refractivity contribution in [1.82, 2.24) is 10.4 Å². The molecule has 0 amide bonds. The molecule has 0 aliphatic carbocycles. The zero-order chi connectivity index (χ0) is 12.3. The third kappa shape index (κ3) is 2.57. The van der Waals surface area contributed by atoms with Crippen molar-refractivity contribution >= 4 is 0 Å². The van der Waals surface area contributed by atoms with Crippen LogP contribution in [-0.2, 0) is 4.74 Å². The molecule has 3 atom stereocenters. The SMILES string of the molecule is COc1cccnc1C(NN)C1CCC(C)O1. The van der Waals surface area contributed by atoms with Crippen molar-refractivity contribution < 1.29 is 9.47 Å². The Labute approximate surface area is 101 Å². The molecule has 0 radical (unpaired) electrons. The van der Waals surface area contributed by atoms with Crippen molar-refractivity contribution in [3.8, 4) is 5.75 Å². The van der Waals surface area contributed by atoms with Crippen LogP contribution in [0.1, 0.15) is 31.5 Å². The molecule has 1 aliphatic rings. The maximum atomic E-state index is 5.83.